The van der Waals surface area contributed by atoms with E-state index in [0.29, 0.717) is 4.90 Å². The molecule has 4 nitrogen and oxygen atoms in total. The molecule has 0 aliphatic rings. The van der Waals surface area contributed by atoms with Gasteiger partial charge in [-0.3, -0.25) is 5.43 Å². The Labute approximate surface area is 147 Å². The van der Waals surface area contributed by atoms with Crippen LogP contribution in [0.4, 0.5) is 5.69 Å². The fourth-order valence-electron chi connectivity index (χ4n) is 2.28. The second-order valence-electron chi connectivity index (χ2n) is 5.62. The van der Waals surface area contributed by atoms with Gasteiger partial charge in [-0.2, -0.15) is 5.10 Å². The second kappa shape index (κ2) is 7.32. The van der Waals surface area contributed by atoms with Crippen LogP contribution in [0.2, 0.25) is 0 Å². The summed E-state index contributed by atoms with van der Waals surface area (Å²) in [5, 5.41) is 4.15. The molecule has 0 bridgehead atoms. The van der Waals surface area contributed by atoms with Crippen LogP contribution >= 0.6 is 0 Å². The third-order valence-electron chi connectivity index (χ3n) is 3.70. The van der Waals surface area contributed by atoms with Crippen molar-refractivity contribution in [1.29, 1.82) is 0 Å². The van der Waals surface area contributed by atoms with Crippen LogP contribution in [0, 0.1) is 6.92 Å². The third kappa shape index (κ3) is 4.14. The Morgan fingerprint density at radius 3 is 1.96 bits per heavy atom. The molecule has 0 aromatic heterocycles. The molecule has 1 N–H and O–H groups in total. The summed E-state index contributed by atoms with van der Waals surface area (Å²) in [5.41, 5.74) is 5.61. The highest BCUT2D eigenvalue weighted by Crippen LogP contribution is 2.22. The molecular formula is C20H18N2O2S. The van der Waals surface area contributed by atoms with Crippen LogP contribution in [0.15, 0.2) is 93.8 Å². The van der Waals surface area contributed by atoms with E-state index in [4.69, 9.17) is 0 Å². The van der Waals surface area contributed by atoms with E-state index >= 15 is 0 Å². The van der Waals surface area contributed by atoms with Crippen LogP contribution in [0.1, 0.15) is 11.1 Å². The van der Waals surface area contributed by atoms with Gasteiger partial charge in [-0.05, 0) is 48.9 Å². The van der Waals surface area contributed by atoms with Crippen LogP contribution in [0.5, 0.6) is 0 Å². The first-order valence-electron chi connectivity index (χ1n) is 7.82. The Bertz CT molecular complexity index is 962. The number of benzene rings is 3. The van der Waals surface area contributed by atoms with Gasteiger partial charge in [0.15, 0.2) is 0 Å². The number of sulfone groups is 1. The lowest BCUT2D eigenvalue weighted by atomic mass is 10.2. The molecule has 0 saturated carbocycles. The molecule has 3 rings (SSSR count). The number of rotatable bonds is 5. The Hall–Kier alpha value is -2.92. The van der Waals surface area contributed by atoms with Crippen molar-refractivity contribution in [2.24, 2.45) is 5.10 Å². The van der Waals surface area contributed by atoms with Crippen LogP contribution in [0.25, 0.3) is 0 Å². The van der Waals surface area contributed by atoms with Crippen molar-refractivity contribution in [3.05, 3.63) is 90.0 Å². The van der Waals surface area contributed by atoms with E-state index in [2.05, 4.69) is 10.5 Å². The summed E-state index contributed by atoms with van der Waals surface area (Å²) in [7, 11) is -3.50. The maximum atomic E-state index is 12.6. The summed E-state index contributed by atoms with van der Waals surface area (Å²) < 4.78 is 25.2. The van der Waals surface area contributed by atoms with E-state index in [1.54, 1.807) is 54.7 Å². The molecule has 126 valence electrons. The van der Waals surface area contributed by atoms with E-state index in [-0.39, 0.29) is 4.90 Å². The lowest BCUT2D eigenvalue weighted by molar-refractivity contribution is 0.596. The van der Waals surface area contributed by atoms with Crippen molar-refractivity contribution >= 4 is 21.7 Å². The summed E-state index contributed by atoms with van der Waals surface area (Å²) in [5.74, 6) is 0. The third-order valence-corrected chi connectivity index (χ3v) is 5.49. The van der Waals surface area contributed by atoms with Gasteiger partial charge in [0.1, 0.15) is 0 Å². The average Bonchev–Trinajstić information content (AvgIpc) is 2.63. The van der Waals surface area contributed by atoms with Crippen molar-refractivity contribution in [2.45, 2.75) is 16.7 Å². The first-order chi connectivity index (χ1) is 12.1. The first-order valence-corrected chi connectivity index (χ1v) is 9.30. The molecule has 3 aromatic rings. The normalized spacial score (nSPS) is 11.6. The molecule has 0 radical (unpaired) electrons. The smallest absolute Gasteiger partial charge is 0.206 e. The zero-order chi connectivity index (χ0) is 17.7. The van der Waals surface area contributed by atoms with Gasteiger partial charge in [0.2, 0.25) is 9.84 Å². The standard InChI is InChI=1S/C20H18N2O2S/c1-16-7-11-19(12-8-16)25(23,24)20-13-9-18(10-14-20)22-21-15-17-5-3-2-4-6-17/h2-15,22H,1H3/b21-15-. The Morgan fingerprint density at radius 2 is 1.36 bits per heavy atom. The molecule has 0 saturated heterocycles. The molecule has 0 aliphatic carbocycles. The minimum absolute atomic E-state index is 0.258. The van der Waals surface area contributed by atoms with Gasteiger partial charge in [0, 0.05) is 0 Å². The van der Waals surface area contributed by atoms with E-state index < -0.39 is 9.84 Å². The molecule has 0 fully saturated rings. The van der Waals surface area contributed by atoms with Gasteiger partial charge in [0.05, 0.1) is 21.7 Å². The largest absolute Gasteiger partial charge is 0.279 e. The minimum Gasteiger partial charge on any atom is -0.279 e. The van der Waals surface area contributed by atoms with Crippen LogP contribution in [-0.4, -0.2) is 14.6 Å². The number of hydrogen-bond acceptors (Lipinski definition) is 4. The predicted molar refractivity (Wildman–Crippen MR) is 101 cm³/mol. The number of nitrogens with one attached hydrogen (secondary N) is 1. The van der Waals surface area contributed by atoms with Gasteiger partial charge in [-0.25, -0.2) is 8.42 Å². The van der Waals surface area contributed by atoms with E-state index in [0.717, 1.165) is 16.8 Å². The highest BCUT2D eigenvalue weighted by molar-refractivity contribution is 7.91. The number of nitrogens with zero attached hydrogens (tertiary/aromatic N) is 1. The van der Waals surface area contributed by atoms with Gasteiger partial charge >= 0.3 is 0 Å². The molecular weight excluding hydrogens is 332 g/mol. The van der Waals surface area contributed by atoms with Gasteiger partial charge < -0.3 is 0 Å². The second-order valence-corrected chi connectivity index (χ2v) is 7.57. The molecule has 0 aliphatic heterocycles. The maximum Gasteiger partial charge on any atom is 0.206 e. The monoisotopic (exact) mass is 350 g/mol. The fraction of sp³-hybridized carbons (Fsp3) is 0.0500. The molecule has 0 atom stereocenters. The highest BCUT2D eigenvalue weighted by atomic mass is 32.2. The Kier molecular flexibility index (Phi) is 4.95. The van der Waals surface area contributed by atoms with E-state index in [1.807, 2.05) is 37.3 Å². The molecule has 0 spiro atoms. The van der Waals surface area contributed by atoms with Crippen molar-refractivity contribution in [2.75, 3.05) is 5.43 Å². The summed E-state index contributed by atoms with van der Waals surface area (Å²) in [4.78, 5) is 0.551. The number of hydrogen-bond donors (Lipinski definition) is 1. The zero-order valence-corrected chi connectivity index (χ0v) is 14.6. The predicted octanol–water partition coefficient (Wildman–Crippen LogP) is 4.27. The van der Waals surface area contributed by atoms with Crippen LogP contribution in [-0.2, 0) is 9.84 Å². The van der Waals surface area contributed by atoms with Gasteiger partial charge in [-0.15, -0.1) is 0 Å². The molecule has 3 aromatic carbocycles. The molecule has 25 heavy (non-hydrogen) atoms. The molecule has 5 heteroatoms. The minimum atomic E-state index is -3.50. The summed E-state index contributed by atoms with van der Waals surface area (Å²) in [6, 6.07) is 23.1. The first kappa shape index (κ1) is 16.9. The highest BCUT2D eigenvalue weighted by Gasteiger charge is 2.16. The van der Waals surface area contributed by atoms with Crippen molar-refractivity contribution in [3.63, 3.8) is 0 Å². The van der Waals surface area contributed by atoms with Gasteiger partial charge in [-0.1, -0.05) is 48.0 Å². The SMILES string of the molecule is Cc1ccc(S(=O)(=O)c2ccc(N/N=C\c3ccccc3)cc2)cc1. The summed E-state index contributed by atoms with van der Waals surface area (Å²) >= 11 is 0. The molecule has 0 heterocycles. The van der Waals surface area contributed by atoms with Crippen molar-refractivity contribution in [1.82, 2.24) is 0 Å². The Balaban J connectivity index is 1.73. The van der Waals surface area contributed by atoms with Crippen molar-refractivity contribution < 1.29 is 8.42 Å². The van der Waals surface area contributed by atoms with E-state index in [1.165, 1.54) is 0 Å². The fourth-order valence-corrected chi connectivity index (χ4v) is 3.54. The van der Waals surface area contributed by atoms with Crippen molar-refractivity contribution in [3.8, 4) is 0 Å². The number of hydrazone groups is 1. The quantitative estimate of drug-likeness (QED) is 0.552. The lowest BCUT2D eigenvalue weighted by Crippen LogP contribution is -2.02. The number of aryl methyl sites for hydroxylation is 1. The van der Waals surface area contributed by atoms with E-state index in [9.17, 15) is 8.42 Å². The zero-order valence-electron chi connectivity index (χ0n) is 13.8. The maximum absolute atomic E-state index is 12.6. The molecule has 0 amide bonds. The van der Waals surface area contributed by atoms with Gasteiger partial charge in [0.25, 0.3) is 0 Å². The number of anilines is 1. The van der Waals surface area contributed by atoms with Crippen LogP contribution < -0.4 is 5.43 Å². The van der Waals surface area contributed by atoms with Crippen LogP contribution in [0.3, 0.4) is 0 Å². The summed E-state index contributed by atoms with van der Waals surface area (Å²) in [6.07, 6.45) is 1.71. The summed E-state index contributed by atoms with van der Waals surface area (Å²) in [6.45, 7) is 1.92. The average molecular weight is 350 g/mol. The molecule has 0 unspecified atom stereocenters. The topological polar surface area (TPSA) is 58.5 Å². The lowest BCUT2D eigenvalue weighted by Gasteiger charge is -2.06. The Morgan fingerprint density at radius 1 is 0.800 bits per heavy atom.